The van der Waals surface area contributed by atoms with E-state index < -0.39 is 6.10 Å². The van der Waals surface area contributed by atoms with Gasteiger partial charge in [-0.25, -0.2) is 0 Å². The van der Waals surface area contributed by atoms with Crippen molar-refractivity contribution in [2.75, 3.05) is 23.8 Å². The van der Waals surface area contributed by atoms with Crippen LogP contribution in [-0.4, -0.2) is 41.9 Å². The van der Waals surface area contributed by atoms with E-state index >= 15 is 0 Å². The maximum atomic E-state index is 12.7. The molecule has 1 unspecified atom stereocenters. The Bertz CT molecular complexity index is 953. The first-order valence-corrected chi connectivity index (χ1v) is 10.3. The largest absolute Gasteiger partial charge is 0.368 e. The average molecular weight is 407 g/mol. The van der Waals surface area contributed by atoms with Crippen molar-refractivity contribution in [3.8, 4) is 0 Å². The molecule has 30 heavy (non-hydrogen) atoms. The van der Waals surface area contributed by atoms with Crippen molar-refractivity contribution in [1.29, 1.82) is 0 Å². The lowest BCUT2D eigenvalue weighted by Crippen LogP contribution is -2.27. The molecule has 2 aromatic carbocycles. The summed E-state index contributed by atoms with van der Waals surface area (Å²) in [6.07, 6.45) is 2.68. The van der Waals surface area contributed by atoms with Crippen molar-refractivity contribution in [3.05, 3.63) is 59.7 Å². The third-order valence-corrected chi connectivity index (χ3v) is 5.34. The number of benzene rings is 2. The summed E-state index contributed by atoms with van der Waals surface area (Å²) in [6, 6.07) is 14.3. The van der Waals surface area contributed by atoms with E-state index in [4.69, 9.17) is 4.74 Å². The van der Waals surface area contributed by atoms with Crippen molar-refractivity contribution in [2.24, 2.45) is 0 Å². The summed E-state index contributed by atoms with van der Waals surface area (Å²) >= 11 is 0. The summed E-state index contributed by atoms with van der Waals surface area (Å²) in [5.74, 6) is -0.280. The zero-order chi connectivity index (χ0) is 20.9. The quantitative estimate of drug-likeness (QED) is 0.770. The first-order valence-electron chi connectivity index (χ1n) is 10.3. The zero-order valence-corrected chi connectivity index (χ0v) is 16.7. The van der Waals surface area contributed by atoms with Crippen LogP contribution < -0.4 is 10.6 Å². The van der Waals surface area contributed by atoms with Crippen molar-refractivity contribution in [2.45, 2.75) is 38.3 Å². The van der Waals surface area contributed by atoms with Gasteiger partial charge in [0, 0.05) is 43.1 Å². The van der Waals surface area contributed by atoms with Crippen molar-refractivity contribution < 1.29 is 19.1 Å². The summed E-state index contributed by atoms with van der Waals surface area (Å²) < 4.78 is 5.39. The van der Waals surface area contributed by atoms with E-state index in [0.29, 0.717) is 42.9 Å². The molecule has 156 valence electrons. The van der Waals surface area contributed by atoms with Crippen LogP contribution in [0.2, 0.25) is 0 Å². The molecule has 0 aromatic heterocycles. The molecule has 0 bridgehead atoms. The summed E-state index contributed by atoms with van der Waals surface area (Å²) in [5, 5.41) is 5.71. The van der Waals surface area contributed by atoms with Crippen LogP contribution in [0.5, 0.6) is 0 Å². The smallest absolute Gasteiger partial charge is 0.255 e. The standard InChI is InChI=1S/C23H25N3O4/c27-21-10-3-11-26(21)15-16-5-1-7-18(13-16)24-22(28)17-6-2-8-19(14-17)25-23(29)20-9-4-12-30-20/h1-2,5-8,13-14,20H,3-4,9-12,15H2,(H,24,28)(H,25,29). The Morgan fingerprint density at radius 3 is 2.57 bits per heavy atom. The lowest BCUT2D eigenvalue weighted by Gasteiger charge is -2.16. The number of amides is 3. The number of carbonyl (C=O) groups is 3. The van der Waals surface area contributed by atoms with E-state index in [1.54, 1.807) is 24.3 Å². The maximum absolute atomic E-state index is 12.7. The second-order valence-corrected chi connectivity index (χ2v) is 7.65. The van der Waals surface area contributed by atoms with Crippen molar-refractivity contribution in [3.63, 3.8) is 0 Å². The number of anilines is 2. The molecule has 4 rings (SSSR count). The fourth-order valence-electron chi connectivity index (χ4n) is 3.79. The molecular weight excluding hydrogens is 382 g/mol. The highest BCUT2D eigenvalue weighted by Gasteiger charge is 2.24. The molecule has 3 amide bonds. The number of nitrogens with one attached hydrogen (secondary N) is 2. The molecule has 1 atom stereocenters. The maximum Gasteiger partial charge on any atom is 0.255 e. The van der Waals surface area contributed by atoms with Crippen LogP contribution in [0, 0.1) is 0 Å². The highest BCUT2D eigenvalue weighted by Crippen LogP contribution is 2.19. The van der Waals surface area contributed by atoms with E-state index in [-0.39, 0.29) is 17.7 Å². The van der Waals surface area contributed by atoms with Gasteiger partial charge in [0.2, 0.25) is 5.91 Å². The molecule has 2 saturated heterocycles. The fraction of sp³-hybridized carbons (Fsp3) is 0.348. The topological polar surface area (TPSA) is 87.7 Å². The number of likely N-dealkylation sites (tertiary alicyclic amines) is 1. The van der Waals surface area contributed by atoms with E-state index in [1.807, 2.05) is 29.2 Å². The van der Waals surface area contributed by atoms with Crippen LogP contribution in [0.3, 0.4) is 0 Å². The van der Waals surface area contributed by atoms with Gasteiger partial charge in [-0.3, -0.25) is 14.4 Å². The van der Waals surface area contributed by atoms with Crippen molar-refractivity contribution in [1.82, 2.24) is 4.90 Å². The molecule has 0 saturated carbocycles. The average Bonchev–Trinajstić information content (AvgIpc) is 3.41. The minimum absolute atomic E-state index is 0.173. The molecule has 2 heterocycles. The van der Waals surface area contributed by atoms with E-state index in [1.165, 1.54) is 0 Å². The van der Waals surface area contributed by atoms with E-state index in [0.717, 1.165) is 24.9 Å². The highest BCUT2D eigenvalue weighted by molar-refractivity contribution is 6.05. The molecule has 2 fully saturated rings. The van der Waals surface area contributed by atoms with Crippen LogP contribution in [-0.2, 0) is 20.9 Å². The number of rotatable bonds is 6. The van der Waals surface area contributed by atoms with Gasteiger partial charge in [0.1, 0.15) is 6.10 Å². The first-order chi connectivity index (χ1) is 14.6. The Hall–Kier alpha value is -3.19. The zero-order valence-electron chi connectivity index (χ0n) is 16.7. The van der Waals surface area contributed by atoms with Crippen LogP contribution in [0.25, 0.3) is 0 Å². The summed E-state index contributed by atoms with van der Waals surface area (Å²) in [4.78, 5) is 38.6. The Morgan fingerprint density at radius 2 is 1.83 bits per heavy atom. The van der Waals surface area contributed by atoms with E-state index in [9.17, 15) is 14.4 Å². The molecular formula is C23H25N3O4. The second kappa shape index (κ2) is 9.09. The van der Waals surface area contributed by atoms with Gasteiger partial charge in [-0.2, -0.15) is 0 Å². The van der Waals surface area contributed by atoms with Crippen LogP contribution in [0.4, 0.5) is 11.4 Å². The molecule has 7 nitrogen and oxygen atoms in total. The SMILES string of the molecule is O=C(Nc1cccc(CN2CCCC2=O)c1)c1cccc(NC(=O)C2CCCO2)c1. The van der Waals surface area contributed by atoms with Gasteiger partial charge in [-0.1, -0.05) is 18.2 Å². The second-order valence-electron chi connectivity index (χ2n) is 7.65. The van der Waals surface area contributed by atoms with Gasteiger partial charge < -0.3 is 20.3 Å². The van der Waals surface area contributed by atoms with Gasteiger partial charge >= 0.3 is 0 Å². The van der Waals surface area contributed by atoms with Gasteiger partial charge in [-0.15, -0.1) is 0 Å². The molecule has 2 N–H and O–H groups in total. The number of hydrogen-bond acceptors (Lipinski definition) is 4. The molecule has 7 heteroatoms. The minimum atomic E-state index is -0.423. The van der Waals surface area contributed by atoms with E-state index in [2.05, 4.69) is 10.6 Å². The minimum Gasteiger partial charge on any atom is -0.368 e. The lowest BCUT2D eigenvalue weighted by molar-refractivity contribution is -0.128. The van der Waals surface area contributed by atoms with Gasteiger partial charge in [0.25, 0.3) is 11.8 Å². The molecule has 0 aliphatic carbocycles. The molecule has 2 aliphatic rings. The Morgan fingerprint density at radius 1 is 1.03 bits per heavy atom. The third-order valence-electron chi connectivity index (χ3n) is 5.34. The van der Waals surface area contributed by atoms with Gasteiger partial charge in [0.05, 0.1) is 0 Å². The number of hydrogen-bond donors (Lipinski definition) is 2. The van der Waals surface area contributed by atoms with Crippen molar-refractivity contribution >= 4 is 29.1 Å². The highest BCUT2D eigenvalue weighted by atomic mass is 16.5. The Balaban J connectivity index is 1.39. The fourth-order valence-corrected chi connectivity index (χ4v) is 3.79. The van der Waals surface area contributed by atoms with Crippen LogP contribution in [0.15, 0.2) is 48.5 Å². The normalized spacial score (nSPS) is 18.5. The molecule has 0 spiro atoms. The van der Waals surface area contributed by atoms with Crippen LogP contribution >= 0.6 is 0 Å². The first kappa shape index (κ1) is 20.1. The number of ether oxygens (including phenoxy) is 1. The monoisotopic (exact) mass is 407 g/mol. The van der Waals surface area contributed by atoms with Crippen LogP contribution in [0.1, 0.15) is 41.6 Å². The predicted molar refractivity (Wildman–Crippen MR) is 113 cm³/mol. The third kappa shape index (κ3) is 4.86. The predicted octanol–water partition coefficient (Wildman–Crippen LogP) is 3.18. The summed E-state index contributed by atoms with van der Waals surface area (Å²) in [6.45, 7) is 1.93. The van der Waals surface area contributed by atoms with Gasteiger partial charge in [-0.05, 0) is 55.2 Å². The lowest BCUT2D eigenvalue weighted by atomic mass is 10.1. The molecule has 0 radical (unpaired) electrons. The summed E-state index contributed by atoms with van der Waals surface area (Å²) in [7, 11) is 0. The Labute approximate surface area is 175 Å². The molecule has 2 aromatic rings. The van der Waals surface area contributed by atoms with Gasteiger partial charge in [0.15, 0.2) is 0 Å². The summed E-state index contributed by atoms with van der Waals surface area (Å²) in [5.41, 5.74) is 2.64. The number of carbonyl (C=O) groups excluding carboxylic acids is 3. The number of nitrogens with zero attached hydrogens (tertiary/aromatic N) is 1. The molecule has 2 aliphatic heterocycles. The Kier molecular flexibility index (Phi) is 6.09.